The number of piperazine rings is 1. The third kappa shape index (κ3) is 5.27. The smallest absolute Gasteiger partial charge is 0.433 e. The van der Waals surface area contributed by atoms with Gasteiger partial charge in [0.25, 0.3) is 0 Å². The molecule has 2 aliphatic rings. The number of furan rings is 1. The molecular weight excluding hydrogens is 354 g/mol. The van der Waals surface area contributed by atoms with E-state index in [1.807, 2.05) is 0 Å². The van der Waals surface area contributed by atoms with E-state index in [0.717, 1.165) is 32.7 Å². The molecule has 10 nitrogen and oxygen atoms in total. The van der Waals surface area contributed by atoms with E-state index < -0.39 is 11.0 Å². The topological polar surface area (TPSA) is 105 Å². The minimum atomic E-state index is -0.626. The highest BCUT2D eigenvalue weighted by Crippen LogP contribution is 2.16. The lowest BCUT2D eigenvalue weighted by atomic mass is 10.2. The summed E-state index contributed by atoms with van der Waals surface area (Å²) in [6.07, 6.45) is 2.97. The molecule has 1 unspecified atom stereocenters. The van der Waals surface area contributed by atoms with Crippen molar-refractivity contribution in [1.29, 1.82) is 0 Å². The van der Waals surface area contributed by atoms with Gasteiger partial charge in [-0.3, -0.25) is 15.0 Å². The zero-order chi connectivity index (χ0) is 19.2. The van der Waals surface area contributed by atoms with Crippen LogP contribution in [0.1, 0.15) is 25.5 Å². The molecule has 148 valence electrons. The maximum atomic E-state index is 12.0. The largest absolute Gasteiger partial charge is 0.441 e. The molecule has 0 bridgehead atoms. The molecule has 1 atom stereocenters. The summed E-state index contributed by atoms with van der Waals surface area (Å²) >= 11 is 0. The molecule has 3 rings (SSSR count). The first-order chi connectivity index (χ1) is 13.0. The molecule has 0 N–H and O–H groups in total. The van der Waals surface area contributed by atoms with Crippen LogP contribution in [0.2, 0.25) is 0 Å². The summed E-state index contributed by atoms with van der Waals surface area (Å²) in [5.41, 5.74) is 0. The molecule has 2 saturated heterocycles. The van der Waals surface area contributed by atoms with Gasteiger partial charge < -0.3 is 14.1 Å². The number of carbonyl (C=O) groups is 1. The van der Waals surface area contributed by atoms with Crippen molar-refractivity contribution in [2.24, 2.45) is 5.10 Å². The lowest BCUT2D eigenvalue weighted by Gasteiger charge is -2.35. The Bertz CT molecular complexity index is 683. The van der Waals surface area contributed by atoms with Crippen LogP contribution in [0.3, 0.4) is 0 Å². The number of hydrazone groups is 1. The van der Waals surface area contributed by atoms with Crippen LogP contribution in [0, 0.1) is 10.1 Å². The Labute approximate surface area is 157 Å². The SMILES string of the molecule is CCCCN1CCN(CC2CN(/N=C/c3ccc([N+](=O)[O-])o3)C(=O)O2)CC1. The van der Waals surface area contributed by atoms with Crippen LogP contribution in [-0.4, -0.2) is 84.0 Å². The van der Waals surface area contributed by atoms with Crippen LogP contribution in [0.25, 0.3) is 0 Å². The van der Waals surface area contributed by atoms with E-state index in [0.29, 0.717) is 13.1 Å². The zero-order valence-corrected chi connectivity index (χ0v) is 15.5. The van der Waals surface area contributed by atoms with E-state index in [4.69, 9.17) is 9.15 Å². The Morgan fingerprint density at radius 1 is 1.30 bits per heavy atom. The number of hydrogen-bond donors (Lipinski definition) is 0. The molecule has 0 saturated carbocycles. The van der Waals surface area contributed by atoms with E-state index in [-0.39, 0.29) is 17.7 Å². The summed E-state index contributed by atoms with van der Waals surface area (Å²) in [7, 11) is 0. The zero-order valence-electron chi connectivity index (χ0n) is 15.5. The minimum absolute atomic E-state index is 0.209. The highest BCUT2D eigenvalue weighted by Gasteiger charge is 2.33. The van der Waals surface area contributed by atoms with Crippen LogP contribution in [0.15, 0.2) is 21.7 Å². The van der Waals surface area contributed by atoms with E-state index in [1.165, 1.54) is 36.2 Å². The second-order valence-corrected chi connectivity index (χ2v) is 6.76. The minimum Gasteiger partial charge on any atom is -0.441 e. The third-order valence-electron chi connectivity index (χ3n) is 4.73. The number of amides is 1. The van der Waals surface area contributed by atoms with Crippen molar-refractivity contribution in [2.45, 2.75) is 25.9 Å². The highest BCUT2D eigenvalue weighted by atomic mass is 16.6. The Morgan fingerprint density at radius 3 is 2.70 bits per heavy atom. The van der Waals surface area contributed by atoms with Gasteiger partial charge in [-0.15, -0.1) is 0 Å². The Hall–Kier alpha value is -2.46. The Kier molecular flexibility index (Phi) is 6.40. The van der Waals surface area contributed by atoms with Gasteiger partial charge in [0.15, 0.2) is 5.76 Å². The fourth-order valence-corrected chi connectivity index (χ4v) is 3.20. The van der Waals surface area contributed by atoms with E-state index in [2.05, 4.69) is 21.8 Å². The number of hydrogen-bond acceptors (Lipinski definition) is 8. The molecular formula is C17H25N5O5. The van der Waals surface area contributed by atoms with Crippen molar-refractivity contribution >= 4 is 18.2 Å². The van der Waals surface area contributed by atoms with Crippen molar-refractivity contribution in [1.82, 2.24) is 14.8 Å². The number of nitro groups is 1. The Morgan fingerprint density at radius 2 is 2.04 bits per heavy atom. The standard InChI is InChI=1S/C17H25N5O5/c1-2-3-6-19-7-9-20(10-8-19)12-15-13-21(17(23)27-15)18-11-14-4-5-16(26-14)22(24)25/h4-5,11,15H,2-3,6-10,12-13H2,1H3/b18-11+. The van der Waals surface area contributed by atoms with Crippen molar-refractivity contribution in [3.8, 4) is 0 Å². The van der Waals surface area contributed by atoms with Gasteiger partial charge >= 0.3 is 12.0 Å². The van der Waals surface area contributed by atoms with Crippen LogP contribution < -0.4 is 0 Å². The molecule has 1 aromatic heterocycles. The summed E-state index contributed by atoms with van der Waals surface area (Å²) in [6, 6.07) is 2.67. The molecule has 3 heterocycles. The molecule has 0 radical (unpaired) electrons. The maximum absolute atomic E-state index is 12.0. The predicted molar refractivity (Wildman–Crippen MR) is 97.7 cm³/mol. The van der Waals surface area contributed by atoms with Gasteiger partial charge in [0, 0.05) is 32.7 Å². The predicted octanol–water partition coefficient (Wildman–Crippen LogP) is 1.76. The van der Waals surface area contributed by atoms with E-state index in [9.17, 15) is 14.9 Å². The van der Waals surface area contributed by atoms with Crippen LogP contribution >= 0.6 is 0 Å². The summed E-state index contributed by atoms with van der Waals surface area (Å²) in [6.45, 7) is 8.41. The number of cyclic esters (lactones) is 1. The van der Waals surface area contributed by atoms with Crippen LogP contribution in [0.4, 0.5) is 10.7 Å². The number of rotatable bonds is 8. The average Bonchev–Trinajstić information content (AvgIpc) is 3.26. The van der Waals surface area contributed by atoms with Gasteiger partial charge in [-0.1, -0.05) is 13.3 Å². The van der Waals surface area contributed by atoms with E-state index in [1.54, 1.807) is 0 Å². The first kappa shape index (κ1) is 19.3. The molecule has 0 spiro atoms. The second-order valence-electron chi connectivity index (χ2n) is 6.76. The van der Waals surface area contributed by atoms with Gasteiger partial charge in [-0.2, -0.15) is 10.1 Å². The van der Waals surface area contributed by atoms with Crippen molar-refractivity contribution < 1.29 is 18.9 Å². The summed E-state index contributed by atoms with van der Waals surface area (Å²) in [5, 5.41) is 15.9. The van der Waals surface area contributed by atoms with Gasteiger partial charge in [0.05, 0.1) is 18.8 Å². The lowest BCUT2D eigenvalue weighted by Crippen LogP contribution is -2.49. The quantitative estimate of drug-likeness (QED) is 0.385. The lowest BCUT2D eigenvalue weighted by molar-refractivity contribution is -0.402. The normalized spacial score (nSPS) is 21.9. The average molecular weight is 379 g/mol. The molecule has 0 aliphatic carbocycles. The first-order valence-corrected chi connectivity index (χ1v) is 9.26. The number of nitrogens with zero attached hydrogens (tertiary/aromatic N) is 5. The molecule has 0 aromatic carbocycles. The van der Waals surface area contributed by atoms with Crippen molar-refractivity contribution in [2.75, 3.05) is 45.8 Å². The molecule has 1 aromatic rings. The number of carbonyl (C=O) groups excluding carboxylic acids is 1. The molecule has 2 fully saturated rings. The molecule has 27 heavy (non-hydrogen) atoms. The molecule has 10 heteroatoms. The summed E-state index contributed by atoms with van der Waals surface area (Å²) in [4.78, 5) is 26.7. The Balaban J connectivity index is 1.45. The van der Waals surface area contributed by atoms with Crippen molar-refractivity contribution in [3.05, 3.63) is 28.0 Å². The number of ether oxygens (including phenoxy) is 1. The maximum Gasteiger partial charge on any atom is 0.433 e. The van der Waals surface area contributed by atoms with Gasteiger partial charge in [0.1, 0.15) is 11.0 Å². The van der Waals surface area contributed by atoms with Crippen LogP contribution in [0.5, 0.6) is 0 Å². The molecule has 2 aliphatic heterocycles. The first-order valence-electron chi connectivity index (χ1n) is 9.26. The van der Waals surface area contributed by atoms with E-state index >= 15 is 0 Å². The summed E-state index contributed by atoms with van der Waals surface area (Å²) in [5.74, 6) is -0.155. The number of unbranched alkanes of at least 4 members (excludes halogenated alkanes) is 1. The fourth-order valence-electron chi connectivity index (χ4n) is 3.20. The summed E-state index contributed by atoms with van der Waals surface area (Å²) < 4.78 is 10.4. The van der Waals surface area contributed by atoms with Crippen LogP contribution in [-0.2, 0) is 4.74 Å². The third-order valence-corrected chi connectivity index (χ3v) is 4.73. The second kappa shape index (κ2) is 8.96. The monoisotopic (exact) mass is 379 g/mol. The van der Waals surface area contributed by atoms with Gasteiger partial charge in [-0.25, -0.2) is 4.79 Å². The van der Waals surface area contributed by atoms with Gasteiger partial charge in [-0.05, 0) is 19.0 Å². The molecule has 1 amide bonds. The fraction of sp³-hybridized carbons (Fsp3) is 0.647. The highest BCUT2D eigenvalue weighted by molar-refractivity contribution is 5.78. The van der Waals surface area contributed by atoms with Gasteiger partial charge in [0.2, 0.25) is 0 Å². The van der Waals surface area contributed by atoms with Crippen molar-refractivity contribution in [3.63, 3.8) is 0 Å².